The fourth-order valence-corrected chi connectivity index (χ4v) is 2.70. The van der Waals surface area contributed by atoms with E-state index in [1.165, 1.54) is 16.8 Å². The molecule has 4 heteroatoms. The monoisotopic (exact) mass is 335 g/mol. The van der Waals surface area contributed by atoms with Crippen molar-refractivity contribution >= 4 is 15.9 Å². The molecule has 0 spiro atoms. The van der Waals surface area contributed by atoms with E-state index in [9.17, 15) is 0 Å². The summed E-state index contributed by atoms with van der Waals surface area (Å²) in [6, 6.07) is 6.94. The lowest BCUT2D eigenvalue weighted by Gasteiger charge is -2.11. The Morgan fingerprint density at radius 1 is 1.25 bits per heavy atom. The molecule has 108 valence electrons. The van der Waals surface area contributed by atoms with Crippen molar-refractivity contribution < 1.29 is 0 Å². The Balaban J connectivity index is 2.32. The molecular formula is C16H22BrN3. The number of hydrogen-bond donors (Lipinski definition) is 1. The zero-order valence-electron chi connectivity index (χ0n) is 12.8. The molecule has 0 radical (unpaired) electrons. The maximum absolute atomic E-state index is 4.62. The molecule has 2 rings (SSSR count). The average molecular weight is 336 g/mol. The van der Waals surface area contributed by atoms with Gasteiger partial charge in [-0.3, -0.25) is 0 Å². The summed E-state index contributed by atoms with van der Waals surface area (Å²) in [6.07, 6.45) is 0. The summed E-state index contributed by atoms with van der Waals surface area (Å²) >= 11 is 3.67. The van der Waals surface area contributed by atoms with Crippen LogP contribution in [0.25, 0.3) is 5.69 Å². The van der Waals surface area contributed by atoms with Gasteiger partial charge in [0.2, 0.25) is 0 Å². The molecule has 0 unspecified atom stereocenters. The van der Waals surface area contributed by atoms with Crippen LogP contribution < -0.4 is 5.32 Å². The second-order valence-electron chi connectivity index (χ2n) is 5.53. The highest BCUT2D eigenvalue weighted by atomic mass is 79.9. The van der Waals surface area contributed by atoms with Crippen LogP contribution in [0.5, 0.6) is 0 Å². The summed E-state index contributed by atoms with van der Waals surface area (Å²) in [4.78, 5) is 0. The van der Waals surface area contributed by atoms with Crippen LogP contribution >= 0.6 is 15.9 Å². The van der Waals surface area contributed by atoms with Crippen LogP contribution in [0, 0.1) is 20.8 Å². The van der Waals surface area contributed by atoms with Gasteiger partial charge in [-0.1, -0.05) is 19.9 Å². The summed E-state index contributed by atoms with van der Waals surface area (Å²) < 4.78 is 3.08. The van der Waals surface area contributed by atoms with Gasteiger partial charge in [-0.05, 0) is 60.0 Å². The number of halogens is 1. The molecule has 20 heavy (non-hydrogen) atoms. The summed E-state index contributed by atoms with van der Waals surface area (Å²) in [5.41, 5.74) is 5.89. The topological polar surface area (TPSA) is 29.9 Å². The summed E-state index contributed by atoms with van der Waals surface area (Å²) in [6.45, 7) is 11.5. The van der Waals surface area contributed by atoms with E-state index >= 15 is 0 Å². The van der Waals surface area contributed by atoms with Crippen molar-refractivity contribution in [2.75, 3.05) is 0 Å². The standard InChI is InChI=1S/C16H22BrN3/c1-10(2)18-9-14-6-7-16(15(17)8-14)20-13(5)11(3)12(4)19-20/h6-8,10,18H,9H2,1-5H3. The van der Waals surface area contributed by atoms with Gasteiger partial charge < -0.3 is 5.32 Å². The van der Waals surface area contributed by atoms with Crippen molar-refractivity contribution in [3.05, 3.63) is 45.2 Å². The van der Waals surface area contributed by atoms with Gasteiger partial charge in [0.25, 0.3) is 0 Å². The van der Waals surface area contributed by atoms with Crippen molar-refractivity contribution in [3.8, 4) is 5.69 Å². The van der Waals surface area contributed by atoms with Crippen LogP contribution in [0.4, 0.5) is 0 Å². The first-order valence-electron chi connectivity index (χ1n) is 6.95. The van der Waals surface area contributed by atoms with Crippen molar-refractivity contribution in [2.45, 2.75) is 47.2 Å². The Labute approximate surface area is 129 Å². The molecule has 0 aliphatic heterocycles. The van der Waals surface area contributed by atoms with E-state index in [1.54, 1.807) is 0 Å². The van der Waals surface area contributed by atoms with Gasteiger partial charge in [-0.25, -0.2) is 4.68 Å². The quantitative estimate of drug-likeness (QED) is 0.913. The Kier molecular flexibility index (Phi) is 4.66. The van der Waals surface area contributed by atoms with E-state index in [0.717, 1.165) is 22.4 Å². The summed E-state index contributed by atoms with van der Waals surface area (Å²) in [5.74, 6) is 0. The Hall–Kier alpha value is -1.13. The van der Waals surface area contributed by atoms with E-state index in [2.05, 4.69) is 72.2 Å². The minimum atomic E-state index is 0.493. The highest BCUT2D eigenvalue weighted by molar-refractivity contribution is 9.10. The maximum Gasteiger partial charge on any atom is 0.0791 e. The first kappa shape index (κ1) is 15.3. The predicted octanol–water partition coefficient (Wildman–Crippen LogP) is 4.06. The Bertz CT molecular complexity index is 614. The first-order chi connectivity index (χ1) is 9.40. The van der Waals surface area contributed by atoms with Gasteiger partial charge in [0.1, 0.15) is 0 Å². The van der Waals surface area contributed by atoms with Crippen LogP contribution in [0.2, 0.25) is 0 Å². The number of aromatic nitrogens is 2. The average Bonchev–Trinajstić information content (AvgIpc) is 2.64. The fourth-order valence-electron chi connectivity index (χ4n) is 2.11. The first-order valence-corrected chi connectivity index (χ1v) is 7.74. The van der Waals surface area contributed by atoms with Crippen LogP contribution in [-0.4, -0.2) is 15.8 Å². The molecule has 0 fully saturated rings. The lowest BCUT2D eigenvalue weighted by Crippen LogP contribution is -2.21. The van der Waals surface area contributed by atoms with E-state index in [0.29, 0.717) is 6.04 Å². The number of nitrogens with zero attached hydrogens (tertiary/aromatic N) is 2. The minimum absolute atomic E-state index is 0.493. The molecule has 0 saturated heterocycles. The lowest BCUT2D eigenvalue weighted by atomic mass is 10.2. The van der Waals surface area contributed by atoms with Gasteiger partial charge in [-0.15, -0.1) is 0 Å². The second-order valence-corrected chi connectivity index (χ2v) is 6.38. The third-order valence-electron chi connectivity index (χ3n) is 3.61. The van der Waals surface area contributed by atoms with Crippen molar-refractivity contribution in [1.29, 1.82) is 0 Å². The zero-order valence-corrected chi connectivity index (χ0v) is 14.4. The molecule has 0 bridgehead atoms. The molecule has 0 aliphatic rings. The smallest absolute Gasteiger partial charge is 0.0791 e. The molecule has 1 aromatic heterocycles. The molecule has 1 N–H and O–H groups in total. The maximum atomic E-state index is 4.62. The zero-order chi connectivity index (χ0) is 14.9. The normalized spacial score (nSPS) is 11.3. The van der Waals surface area contributed by atoms with Crippen LogP contribution in [0.15, 0.2) is 22.7 Å². The van der Waals surface area contributed by atoms with Crippen LogP contribution in [0.1, 0.15) is 36.4 Å². The SMILES string of the molecule is Cc1nn(-c2ccc(CNC(C)C)cc2Br)c(C)c1C. The van der Waals surface area contributed by atoms with Gasteiger partial charge in [0.05, 0.1) is 11.4 Å². The molecule has 0 atom stereocenters. The molecule has 0 aliphatic carbocycles. The molecule has 0 amide bonds. The van der Waals surface area contributed by atoms with Crippen LogP contribution in [0.3, 0.4) is 0 Å². The molecule has 1 heterocycles. The van der Waals surface area contributed by atoms with Crippen molar-refractivity contribution in [3.63, 3.8) is 0 Å². The second kappa shape index (κ2) is 6.10. The number of nitrogens with one attached hydrogen (secondary N) is 1. The summed E-state index contributed by atoms with van der Waals surface area (Å²) in [5, 5.41) is 8.05. The molecule has 0 saturated carbocycles. The predicted molar refractivity (Wildman–Crippen MR) is 87.5 cm³/mol. The summed E-state index contributed by atoms with van der Waals surface area (Å²) in [7, 11) is 0. The molecule has 1 aromatic carbocycles. The number of benzene rings is 1. The lowest BCUT2D eigenvalue weighted by molar-refractivity contribution is 0.588. The van der Waals surface area contributed by atoms with Gasteiger partial charge in [0.15, 0.2) is 0 Å². The van der Waals surface area contributed by atoms with E-state index < -0.39 is 0 Å². The third-order valence-corrected chi connectivity index (χ3v) is 4.24. The van der Waals surface area contributed by atoms with Gasteiger partial charge >= 0.3 is 0 Å². The van der Waals surface area contributed by atoms with E-state index in [1.807, 2.05) is 11.6 Å². The van der Waals surface area contributed by atoms with Gasteiger partial charge in [0, 0.05) is 22.8 Å². The highest BCUT2D eigenvalue weighted by Crippen LogP contribution is 2.25. The highest BCUT2D eigenvalue weighted by Gasteiger charge is 2.11. The molecule has 3 nitrogen and oxygen atoms in total. The largest absolute Gasteiger partial charge is 0.310 e. The Morgan fingerprint density at radius 2 is 1.95 bits per heavy atom. The van der Waals surface area contributed by atoms with Crippen molar-refractivity contribution in [2.24, 2.45) is 0 Å². The number of rotatable bonds is 4. The number of hydrogen-bond acceptors (Lipinski definition) is 2. The Morgan fingerprint density at radius 3 is 2.45 bits per heavy atom. The third kappa shape index (κ3) is 3.13. The molecule has 2 aromatic rings. The van der Waals surface area contributed by atoms with E-state index in [4.69, 9.17) is 0 Å². The fraction of sp³-hybridized carbons (Fsp3) is 0.438. The number of aryl methyl sites for hydroxylation is 1. The van der Waals surface area contributed by atoms with E-state index in [-0.39, 0.29) is 0 Å². The van der Waals surface area contributed by atoms with Gasteiger partial charge in [-0.2, -0.15) is 5.10 Å². The van der Waals surface area contributed by atoms with Crippen molar-refractivity contribution in [1.82, 2.24) is 15.1 Å². The molecular weight excluding hydrogens is 314 g/mol. The van der Waals surface area contributed by atoms with Crippen LogP contribution in [-0.2, 0) is 6.54 Å². The minimum Gasteiger partial charge on any atom is -0.310 e.